The van der Waals surface area contributed by atoms with Crippen molar-refractivity contribution in [1.82, 2.24) is 9.44 Å². The van der Waals surface area contributed by atoms with Crippen molar-refractivity contribution in [2.24, 2.45) is 9.98 Å². The number of hydrogen-bond acceptors (Lipinski definition) is 4. The van der Waals surface area contributed by atoms with Crippen molar-refractivity contribution in [3.05, 3.63) is 0 Å². The van der Waals surface area contributed by atoms with E-state index in [1.54, 1.807) is 0 Å². The summed E-state index contributed by atoms with van der Waals surface area (Å²) in [5.74, 6) is 0.158. The molecule has 0 spiro atoms. The summed E-state index contributed by atoms with van der Waals surface area (Å²) < 4.78 is 66.9. The highest BCUT2D eigenvalue weighted by molar-refractivity contribution is 8.09. The van der Waals surface area contributed by atoms with Gasteiger partial charge in [0.25, 0.3) is 0 Å². The Labute approximate surface area is 200 Å². The van der Waals surface area contributed by atoms with E-state index in [1.165, 1.54) is 47.2 Å². The molecule has 0 heterocycles. The molecule has 0 aliphatic rings. The van der Waals surface area contributed by atoms with Gasteiger partial charge in [0.1, 0.15) is 11.7 Å². The Balaban J connectivity index is 3.73. The quantitative estimate of drug-likeness (QED) is 0.0878. The minimum Gasteiger partial charge on any atom is -0.293 e. The molecule has 0 aromatic heterocycles. The maximum atomic E-state index is 11.8. The Morgan fingerprint density at radius 2 is 0.818 bits per heavy atom. The molecule has 0 bridgehead atoms. The Kier molecular flexibility index (Phi) is 14.1. The fourth-order valence-corrected chi connectivity index (χ4v) is 4.83. The molecule has 0 saturated heterocycles. The Hall–Kier alpha value is -0.920. The molecule has 0 aromatic carbocycles. The molecule has 12 heteroatoms. The zero-order valence-corrected chi connectivity index (χ0v) is 22.6. The zero-order chi connectivity index (χ0) is 25.5. The van der Waals surface area contributed by atoms with Gasteiger partial charge in [0.05, 0.1) is 11.5 Å². The molecular weight excluding hydrogens is 468 g/mol. The standard InChI is InChI=1S/C21H48N4O6S2/c1-5-32(26,27,28)24-20(22-3)18-16-14-12-10-8-7-9-11-13-15-17-19-21(23-4)25-33(29,30,31)6-2/h5-19H2,1-4H3,(H3,22,24,26,27,28)(H3,23,25,29,30,31). The fourth-order valence-electron chi connectivity index (χ4n) is 3.21. The SMILES string of the molecule is CCS(=O)(O)(O)NC(CCCCCCCCCCCCCC(=NC)NS(=O)(O)(O)CC)=NC. The van der Waals surface area contributed by atoms with Gasteiger partial charge < -0.3 is 0 Å². The van der Waals surface area contributed by atoms with E-state index >= 15 is 0 Å². The maximum Gasteiger partial charge on any atom is 0.157 e. The van der Waals surface area contributed by atoms with E-state index in [4.69, 9.17) is 0 Å². The van der Waals surface area contributed by atoms with Gasteiger partial charge in [-0.3, -0.25) is 37.6 Å². The van der Waals surface area contributed by atoms with Crippen molar-refractivity contribution < 1.29 is 26.6 Å². The lowest BCUT2D eigenvalue weighted by atomic mass is 10.0. The number of nitrogens with zero attached hydrogens (tertiary/aromatic N) is 2. The van der Waals surface area contributed by atoms with Crippen LogP contribution in [-0.2, 0) is 19.6 Å². The summed E-state index contributed by atoms with van der Waals surface area (Å²) in [6.07, 6.45) is 12.9. The van der Waals surface area contributed by atoms with Crippen LogP contribution in [0.2, 0.25) is 0 Å². The normalized spacial score (nSPS) is 16.0. The summed E-state index contributed by atoms with van der Waals surface area (Å²) in [6.45, 7) is 2.89. The van der Waals surface area contributed by atoms with Crippen LogP contribution in [0.1, 0.15) is 97.3 Å². The van der Waals surface area contributed by atoms with E-state index < -0.39 is 19.6 Å². The highest BCUT2D eigenvalue weighted by Crippen LogP contribution is 2.16. The van der Waals surface area contributed by atoms with Crippen LogP contribution in [0.25, 0.3) is 0 Å². The summed E-state index contributed by atoms with van der Waals surface area (Å²) in [5, 5.41) is 0. The van der Waals surface area contributed by atoms with Crippen molar-refractivity contribution >= 4 is 31.3 Å². The average Bonchev–Trinajstić information content (AvgIpc) is 2.74. The summed E-state index contributed by atoms with van der Waals surface area (Å²) in [6, 6.07) is 0. The van der Waals surface area contributed by atoms with Gasteiger partial charge in [-0.05, 0) is 26.7 Å². The van der Waals surface area contributed by atoms with Gasteiger partial charge in [0.2, 0.25) is 0 Å². The van der Waals surface area contributed by atoms with Gasteiger partial charge in [-0.15, -0.1) is 0 Å². The summed E-state index contributed by atoms with van der Waals surface area (Å²) in [7, 11) is -6.47. The molecule has 33 heavy (non-hydrogen) atoms. The minimum absolute atomic E-state index is 0.281. The van der Waals surface area contributed by atoms with Crippen LogP contribution >= 0.6 is 0 Å². The second-order valence-electron chi connectivity index (χ2n) is 8.55. The highest BCUT2D eigenvalue weighted by Gasteiger charge is 2.28. The molecule has 0 amide bonds. The first-order chi connectivity index (χ1) is 15.2. The highest BCUT2D eigenvalue weighted by atomic mass is 32.3. The summed E-state index contributed by atoms with van der Waals surface area (Å²) in [5.41, 5.74) is 0. The van der Waals surface area contributed by atoms with Crippen molar-refractivity contribution in [3.8, 4) is 0 Å². The Morgan fingerprint density at radius 3 is 1.03 bits per heavy atom. The van der Waals surface area contributed by atoms with Crippen LogP contribution in [0, 0.1) is 0 Å². The molecule has 0 atom stereocenters. The number of nitrogens with one attached hydrogen (secondary N) is 2. The first-order valence-electron chi connectivity index (χ1n) is 12.0. The van der Waals surface area contributed by atoms with Crippen LogP contribution in [-0.4, -0.2) is 63.9 Å². The van der Waals surface area contributed by atoms with E-state index in [0.717, 1.165) is 51.4 Å². The first kappa shape index (κ1) is 32.1. The van der Waals surface area contributed by atoms with Gasteiger partial charge in [0.15, 0.2) is 19.6 Å². The van der Waals surface area contributed by atoms with Crippen LogP contribution in [0.3, 0.4) is 0 Å². The molecule has 0 rings (SSSR count). The topological polar surface area (TPSA) is 164 Å². The molecule has 0 fully saturated rings. The molecule has 0 aliphatic carbocycles. The van der Waals surface area contributed by atoms with Crippen molar-refractivity contribution in [2.45, 2.75) is 97.3 Å². The second kappa shape index (κ2) is 14.5. The summed E-state index contributed by atoms with van der Waals surface area (Å²) >= 11 is 0. The zero-order valence-electron chi connectivity index (χ0n) is 20.9. The smallest absolute Gasteiger partial charge is 0.157 e. The Bertz CT molecular complexity index is 696. The van der Waals surface area contributed by atoms with Crippen LogP contribution < -0.4 is 9.44 Å². The van der Waals surface area contributed by atoms with Crippen LogP contribution in [0.4, 0.5) is 0 Å². The van der Waals surface area contributed by atoms with Crippen molar-refractivity contribution in [2.75, 3.05) is 25.6 Å². The number of rotatable bonds is 18. The largest absolute Gasteiger partial charge is 0.293 e. The molecule has 0 unspecified atom stereocenters. The van der Waals surface area contributed by atoms with E-state index in [9.17, 15) is 26.6 Å². The molecule has 0 saturated carbocycles. The van der Waals surface area contributed by atoms with Gasteiger partial charge >= 0.3 is 0 Å². The van der Waals surface area contributed by atoms with E-state index in [1.807, 2.05) is 0 Å². The average molecular weight is 517 g/mol. The van der Waals surface area contributed by atoms with E-state index in [0.29, 0.717) is 24.5 Å². The first-order valence-corrected chi connectivity index (χ1v) is 16.1. The van der Waals surface area contributed by atoms with Crippen molar-refractivity contribution in [3.63, 3.8) is 0 Å². The monoisotopic (exact) mass is 516 g/mol. The fraction of sp³-hybridized carbons (Fsp3) is 0.905. The maximum absolute atomic E-state index is 11.8. The van der Waals surface area contributed by atoms with Gasteiger partial charge in [-0.1, -0.05) is 57.8 Å². The number of amidine groups is 2. The third-order valence-electron chi connectivity index (χ3n) is 5.55. The molecule has 0 aliphatic heterocycles. The lowest BCUT2D eigenvalue weighted by Gasteiger charge is -2.31. The molecule has 10 nitrogen and oxygen atoms in total. The number of aliphatic imine (C=N–C) groups is 2. The lowest BCUT2D eigenvalue weighted by Crippen LogP contribution is -2.51. The number of hydrogen-bond donors (Lipinski definition) is 6. The molecular formula is C21H48N4O6S2. The number of unbranched alkanes of at least 4 members (excludes halogenated alkanes) is 10. The predicted molar refractivity (Wildman–Crippen MR) is 141 cm³/mol. The second-order valence-corrected chi connectivity index (χ2v) is 14.2. The molecule has 0 aromatic rings. The molecule has 0 radical (unpaired) electrons. The third kappa shape index (κ3) is 17.2. The molecule has 6 N–H and O–H groups in total. The van der Waals surface area contributed by atoms with Gasteiger partial charge in [0, 0.05) is 26.9 Å². The van der Waals surface area contributed by atoms with Crippen LogP contribution in [0.15, 0.2) is 9.98 Å². The molecule has 200 valence electrons. The van der Waals surface area contributed by atoms with E-state index in [-0.39, 0.29) is 11.5 Å². The van der Waals surface area contributed by atoms with Gasteiger partial charge in [-0.2, -0.15) is 0 Å². The Morgan fingerprint density at radius 1 is 0.576 bits per heavy atom. The summed E-state index contributed by atoms with van der Waals surface area (Å²) in [4.78, 5) is 7.92. The van der Waals surface area contributed by atoms with Crippen LogP contribution in [0.5, 0.6) is 0 Å². The minimum atomic E-state index is -4.77. The van der Waals surface area contributed by atoms with Crippen molar-refractivity contribution in [1.29, 1.82) is 0 Å². The van der Waals surface area contributed by atoms with E-state index in [2.05, 4.69) is 19.4 Å². The lowest BCUT2D eigenvalue weighted by molar-refractivity contribution is 0.382. The van der Waals surface area contributed by atoms with Gasteiger partial charge in [-0.25, -0.2) is 8.42 Å². The third-order valence-corrected chi connectivity index (χ3v) is 8.93. The predicted octanol–water partition coefficient (Wildman–Crippen LogP) is 4.70.